The van der Waals surface area contributed by atoms with Crippen LogP contribution < -0.4 is 0 Å². The van der Waals surface area contributed by atoms with E-state index in [1.807, 2.05) is 6.92 Å². The van der Waals surface area contributed by atoms with Gasteiger partial charge >= 0.3 is 0 Å². The topological polar surface area (TPSA) is 12.9 Å². The van der Waals surface area contributed by atoms with E-state index in [9.17, 15) is 4.39 Å². The Bertz CT molecular complexity index is 299. The Hall–Kier alpha value is -0.920. The zero-order valence-electron chi connectivity index (χ0n) is 8.69. The van der Waals surface area contributed by atoms with Crippen LogP contribution in [0, 0.1) is 18.2 Å². The molecule has 72 valence electrons. The molecule has 0 aromatic carbocycles. The molecular formula is C11H16FN. The maximum absolute atomic E-state index is 13.3. The van der Waals surface area contributed by atoms with Crippen molar-refractivity contribution < 1.29 is 4.39 Å². The molecule has 0 bridgehead atoms. The summed E-state index contributed by atoms with van der Waals surface area (Å²) in [6.45, 7) is 8.08. The predicted molar refractivity (Wildman–Crippen MR) is 52.1 cm³/mol. The maximum atomic E-state index is 13.3. The van der Waals surface area contributed by atoms with E-state index in [0.29, 0.717) is 12.1 Å². The van der Waals surface area contributed by atoms with Crippen LogP contribution in [0.3, 0.4) is 0 Å². The van der Waals surface area contributed by atoms with Gasteiger partial charge in [0, 0.05) is 6.20 Å². The molecule has 1 aromatic heterocycles. The zero-order valence-corrected chi connectivity index (χ0v) is 8.69. The lowest BCUT2D eigenvalue weighted by molar-refractivity contribution is 0.395. The molecule has 0 fully saturated rings. The van der Waals surface area contributed by atoms with Gasteiger partial charge in [-0.25, -0.2) is 4.39 Å². The molecule has 0 saturated heterocycles. The Morgan fingerprint density at radius 1 is 1.38 bits per heavy atom. The van der Waals surface area contributed by atoms with Crippen LogP contribution in [0.1, 0.15) is 32.0 Å². The van der Waals surface area contributed by atoms with Gasteiger partial charge in [-0.05, 0) is 30.4 Å². The molecule has 1 nitrogen and oxygen atoms in total. The molecule has 0 saturated carbocycles. The molecule has 0 radical (unpaired) electrons. The lowest BCUT2D eigenvalue weighted by Gasteiger charge is -2.17. The summed E-state index contributed by atoms with van der Waals surface area (Å²) in [6, 6.07) is 1.54. The second-order valence-electron chi connectivity index (χ2n) is 4.68. The number of halogens is 1. The summed E-state index contributed by atoms with van der Waals surface area (Å²) in [4.78, 5) is 4.09. The third-order valence-corrected chi connectivity index (χ3v) is 1.75. The first kappa shape index (κ1) is 10.2. The number of pyridine rings is 1. The first-order valence-electron chi connectivity index (χ1n) is 4.49. The van der Waals surface area contributed by atoms with Crippen molar-refractivity contribution in [3.05, 3.63) is 29.3 Å². The number of nitrogens with zero attached hydrogens (tertiary/aromatic N) is 1. The summed E-state index contributed by atoms with van der Waals surface area (Å²) in [7, 11) is 0. The van der Waals surface area contributed by atoms with E-state index in [2.05, 4.69) is 25.8 Å². The highest BCUT2D eigenvalue weighted by atomic mass is 19.1. The summed E-state index contributed by atoms with van der Waals surface area (Å²) in [6.07, 6.45) is 2.39. The van der Waals surface area contributed by atoms with Crippen LogP contribution >= 0.6 is 0 Å². The van der Waals surface area contributed by atoms with Crippen molar-refractivity contribution in [2.24, 2.45) is 5.41 Å². The number of rotatable bonds is 1. The molecule has 1 rings (SSSR count). The van der Waals surface area contributed by atoms with Crippen LogP contribution in [0.15, 0.2) is 12.3 Å². The van der Waals surface area contributed by atoms with Crippen LogP contribution in [-0.4, -0.2) is 4.98 Å². The van der Waals surface area contributed by atoms with Crippen LogP contribution in [0.4, 0.5) is 4.39 Å². The minimum Gasteiger partial charge on any atom is -0.258 e. The summed E-state index contributed by atoms with van der Waals surface area (Å²) in [5.74, 6) is -0.185. The fourth-order valence-corrected chi connectivity index (χ4v) is 1.19. The molecule has 0 spiro atoms. The third kappa shape index (κ3) is 3.13. The fourth-order valence-electron chi connectivity index (χ4n) is 1.19. The van der Waals surface area contributed by atoms with E-state index in [1.165, 1.54) is 6.07 Å². The quantitative estimate of drug-likeness (QED) is 0.648. The highest BCUT2D eigenvalue weighted by Gasteiger charge is 2.15. The molecule has 0 aliphatic rings. The first-order valence-corrected chi connectivity index (χ1v) is 4.49. The van der Waals surface area contributed by atoms with Crippen molar-refractivity contribution in [2.45, 2.75) is 34.1 Å². The SMILES string of the molecule is Cc1cnc(CC(C)(C)C)c(F)c1. The van der Waals surface area contributed by atoms with Crippen molar-refractivity contribution in [3.63, 3.8) is 0 Å². The average Bonchev–Trinajstić information content (AvgIpc) is 1.93. The first-order chi connectivity index (χ1) is 5.88. The number of aromatic nitrogens is 1. The van der Waals surface area contributed by atoms with E-state index in [-0.39, 0.29) is 11.2 Å². The Morgan fingerprint density at radius 2 is 2.00 bits per heavy atom. The molecule has 0 amide bonds. The van der Waals surface area contributed by atoms with Crippen molar-refractivity contribution in [1.29, 1.82) is 0 Å². The predicted octanol–water partition coefficient (Wildman–Crippen LogP) is 3.12. The Kier molecular flexibility index (Phi) is 2.69. The molecule has 2 heteroatoms. The monoisotopic (exact) mass is 181 g/mol. The Morgan fingerprint density at radius 3 is 2.46 bits per heavy atom. The van der Waals surface area contributed by atoms with E-state index >= 15 is 0 Å². The van der Waals surface area contributed by atoms with Crippen molar-refractivity contribution in [3.8, 4) is 0 Å². The van der Waals surface area contributed by atoms with Gasteiger partial charge in [-0.2, -0.15) is 0 Å². The lowest BCUT2D eigenvalue weighted by Crippen LogP contribution is -2.12. The minimum absolute atomic E-state index is 0.0864. The van der Waals surface area contributed by atoms with Crippen molar-refractivity contribution >= 4 is 0 Å². The summed E-state index contributed by atoms with van der Waals surface area (Å²) < 4.78 is 13.3. The van der Waals surface area contributed by atoms with Crippen LogP contribution in [0.25, 0.3) is 0 Å². The van der Waals surface area contributed by atoms with Gasteiger partial charge in [0.2, 0.25) is 0 Å². The summed E-state index contributed by atoms with van der Waals surface area (Å²) >= 11 is 0. The highest BCUT2D eigenvalue weighted by molar-refractivity contribution is 5.15. The smallest absolute Gasteiger partial charge is 0.144 e. The number of hydrogen-bond donors (Lipinski definition) is 0. The van der Waals surface area contributed by atoms with E-state index in [4.69, 9.17) is 0 Å². The molecule has 1 heterocycles. The molecule has 0 atom stereocenters. The van der Waals surface area contributed by atoms with Crippen LogP contribution in [0.5, 0.6) is 0 Å². The second-order valence-corrected chi connectivity index (χ2v) is 4.68. The molecule has 1 aromatic rings. The average molecular weight is 181 g/mol. The van der Waals surface area contributed by atoms with Gasteiger partial charge in [0.25, 0.3) is 0 Å². The normalized spacial score (nSPS) is 11.8. The van der Waals surface area contributed by atoms with Gasteiger partial charge in [0.15, 0.2) is 0 Å². The molecular weight excluding hydrogens is 165 g/mol. The van der Waals surface area contributed by atoms with E-state index < -0.39 is 0 Å². The highest BCUT2D eigenvalue weighted by Crippen LogP contribution is 2.21. The number of aryl methyl sites for hydroxylation is 1. The second kappa shape index (κ2) is 3.44. The van der Waals surface area contributed by atoms with Gasteiger partial charge in [0.05, 0.1) is 5.69 Å². The number of hydrogen-bond acceptors (Lipinski definition) is 1. The Balaban J connectivity index is 2.90. The Labute approximate surface area is 79.0 Å². The van der Waals surface area contributed by atoms with Crippen LogP contribution in [0.2, 0.25) is 0 Å². The zero-order chi connectivity index (χ0) is 10.1. The minimum atomic E-state index is -0.185. The van der Waals surface area contributed by atoms with Gasteiger partial charge < -0.3 is 0 Å². The van der Waals surface area contributed by atoms with Gasteiger partial charge in [-0.15, -0.1) is 0 Å². The summed E-state index contributed by atoms with van der Waals surface area (Å²) in [5, 5.41) is 0. The van der Waals surface area contributed by atoms with Gasteiger partial charge in [0.1, 0.15) is 5.82 Å². The third-order valence-electron chi connectivity index (χ3n) is 1.75. The van der Waals surface area contributed by atoms with Crippen molar-refractivity contribution in [2.75, 3.05) is 0 Å². The molecule has 0 N–H and O–H groups in total. The largest absolute Gasteiger partial charge is 0.258 e. The molecule has 0 aliphatic heterocycles. The van der Waals surface area contributed by atoms with Crippen LogP contribution in [-0.2, 0) is 6.42 Å². The lowest BCUT2D eigenvalue weighted by atomic mass is 9.90. The van der Waals surface area contributed by atoms with E-state index in [1.54, 1.807) is 6.20 Å². The summed E-state index contributed by atoms with van der Waals surface area (Å²) in [5.41, 5.74) is 1.52. The van der Waals surface area contributed by atoms with Gasteiger partial charge in [-0.1, -0.05) is 20.8 Å². The molecule has 0 unspecified atom stereocenters. The maximum Gasteiger partial charge on any atom is 0.144 e. The standard InChI is InChI=1S/C11H16FN/c1-8-5-9(12)10(13-7-8)6-11(2,3)4/h5,7H,6H2,1-4H3. The van der Waals surface area contributed by atoms with Crippen molar-refractivity contribution in [1.82, 2.24) is 4.98 Å². The van der Waals surface area contributed by atoms with Gasteiger partial charge in [-0.3, -0.25) is 4.98 Å². The van der Waals surface area contributed by atoms with E-state index in [0.717, 1.165) is 5.56 Å². The molecule has 13 heavy (non-hydrogen) atoms. The fraction of sp³-hybridized carbons (Fsp3) is 0.545. The molecule has 0 aliphatic carbocycles.